The summed E-state index contributed by atoms with van der Waals surface area (Å²) >= 11 is 0. The van der Waals surface area contributed by atoms with Crippen molar-refractivity contribution in [3.05, 3.63) is 0 Å². The van der Waals surface area contributed by atoms with Gasteiger partial charge in [0.25, 0.3) is 0 Å². The van der Waals surface area contributed by atoms with Crippen LogP contribution < -0.4 is 11.2 Å². The molecule has 1 rings (SSSR count). The van der Waals surface area contributed by atoms with Crippen LogP contribution in [0, 0.1) is 0 Å². The molecule has 1 fully saturated rings. The molecule has 1 saturated heterocycles. The lowest BCUT2D eigenvalue weighted by molar-refractivity contribution is 0.0196. The molecule has 0 aliphatic carbocycles. The summed E-state index contributed by atoms with van der Waals surface area (Å²) in [5.74, 6) is 0. The van der Waals surface area contributed by atoms with E-state index in [1.165, 1.54) is 0 Å². The molecule has 4 N–H and O–H groups in total. The van der Waals surface area contributed by atoms with Gasteiger partial charge in [-0.3, -0.25) is 4.84 Å². The van der Waals surface area contributed by atoms with Gasteiger partial charge in [-0.15, -0.1) is 0 Å². The van der Waals surface area contributed by atoms with E-state index in [2.05, 4.69) is 5.48 Å². The van der Waals surface area contributed by atoms with E-state index >= 15 is 0 Å². The molecule has 2 atom stereocenters. The molecule has 1 heterocycles. The Labute approximate surface area is 53.9 Å². The second kappa shape index (κ2) is 2.22. The van der Waals surface area contributed by atoms with Crippen molar-refractivity contribution < 1.29 is 9.94 Å². The van der Waals surface area contributed by atoms with E-state index in [4.69, 9.17) is 15.7 Å². The Morgan fingerprint density at radius 1 is 2.00 bits per heavy atom. The van der Waals surface area contributed by atoms with E-state index < -0.39 is 11.8 Å². The maximum Gasteiger partial charge on any atom is 0.147 e. The highest BCUT2D eigenvalue weighted by Gasteiger charge is 2.37. The average molecular weight is 132 g/mol. The van der Waals surface area contributed by atoms with Gasteiger partial charge in [0, 0.05) is 0 Å². The van der Waals surface area contributed by atoms with Crippen LogP contribution in [-0.2, 0) is 4.84 Å². The molecule has 4 heteroatoms. The van der Waals surface area contributed by atoms with E-state index in [-0.39, 0.29) is 0 Å². The van der Waals surface area contributed by atoms with Gasteiger partial charge in [-0.25, -0.2) is 0 Å². The molecule has 0 bridgehead atoms. The van der Waals surface area contributed by atoms with Crippen molar-refractivity contribution in [3.63, 3.8) is 0 Å². The SMILES string of the molecule is CCC1(N)CONC1O. The highest BCUT2D eigenvalue weighted by molar-refractivity contribution is 4.90. The Morgan fingerprint density at radius 3 is 2.89 bits per heavy atom. The minimum atomic E-state index is -0.720. The predicted molar refractivity (Wildman–Crippen MR) is 32.3 cm³/mol. The lowest BCUT2D eigenvalue weighted by Crippen LogP contribution is -2.51. The van der Waals surface area contributed by atoms with Gasteiger partial charge in [0.05, 0.1) is 12.1 Å². The second-order valence-corrected chi connectivity index (χ2v) is 2.40. The summed E-state index contributed by atoms with van der Waals surface area (Å²) in [6.07, 6.45) is -0.0104. The minimum Gasteiger partial charge on any atom is -0.374 e. The highest BCUT2D eigenvalue weighted by atomic mass is 16.7. The Kier molecular flexibility index (Phi) is 1.72. The van der Waals surface area contributed by atoms with Crippen molar-refractivity contribution in [1.29, 1.82) is 0 Å². The topological polar surface area (TPSA) is 67.5 Å². The zero-order valence-corrected chi connectivity index (χ0v) is 5.42. The third-order valence-electron chi connectivity index (χ3n) is 1.74. The smallest absolute Gasteiger partial charge is 0.147 e. The number of hydroxylamine groups is 1. The van der Waals surface area contributed by atoms with Crippen LogP contribution in [0.1, 0.15) is 13.3 Å². The van der Waals surface area contributed by atoms with Gasteiger partial charge in [-0.1, -0.05) is 6.92 Å². The van der Waals surface area contributed by atoms with Crippen LogP contribution in [0.5, 0.6) is 0 Å². The predicted octanol–water partition coefficient (Wildman–Crippen LogP) is -1.05. The maximum atomic E-state index is 9.09. The van der Waals surface area contributed by atoms with E-state index in [1.54, 1.807) is 0 Å². The molecule has 1 aliphatic rings. The molecular formula is C5H12N2O2. The fraction of sp³-hybridized carbons (Fsp3) is 1.00. The standard InChI is InChI=1S/C5H12N2O2/c1-2-5(6)3-9-7-4(5)8/h4,7-8H,2-3,6H2,1H3. The first-order valence-corrected chi connectivity index (χ1v) is 3.03. The summed E-state index contributed by atoms with van der Waals surface area (Å²) in [7, 11) is 0. The summed E-state index contributed by atoms with van der Waals surface area (Å²) in [6, 6.07) is 0. The van der Waals surface area contributed by atoms with Gasteiger partial charge in [0.2, 0.25) is 0 Å². The molecule has 4 nitrogen and oxygen atoms in total. The molecule has 0 spiro atoms. The Balaban J connectivity index is 2.56. The van der Waals surface area contributed by atoms with E-state index in [0.717, 1.165) is 0 Å². The average Bonchev–Trinajstić information content (AvgIpc) is 2.15. The van der Waals surface area contributed by atoms with Crippen LogP contribution >= 0.6 is 0 Å². The maximum absolute atomic E-state index is 9.09. The molecule has 0 amide bonds. The molecule has 54 valence electrons. The Morgan fingerprint density at radius 2 is 2.67 bits per heavy atom. The largest absolute Gasteiger partial charge is 0.374 e. The van der Waals surface area contributed by atoms with Gasteiger partial charge < -0.3 is 10.8 Å². The monoisotopic (exact) mass is 132 g/mol. The zero-order chi connectivity index (χ0) is 6.91. The van der Waals surface area contributed by atoms with E-state index in [9.17, 15) is 0 Å². The van der Waals surface area contributed by atoms with Crippen LogP contribution in [0.4, 0.5) is 0 Å². The number of nitrogens with two attached hydrogens (primary N) is 1. The molecule has 0 aromatic carbocycles. The molecule has 0 aromatic heterocycles. The first-order valence-electron chi connectivity index (χ1n) is 3.03. The fourth-order valence-corrected chi connectivity index (χ4v) is 0.747. The summed E-state index contributed by atoms with van der Waals surface area (Å²) in [5.41, 5.74) is 7.47. The van der Waals surface area contributed by atoms with Crippen molar-refractivity contribution in [2.75, 3.05) is 6.61 Å². The van der Waals surface area contributed by atoms with Crippen molar-refractivity contribution in [3.8, 4) is 0 Å². The molecular weight excluding hydrogens is 120 g/mol. The molecule has 0 aromatic rings. The van der Waals surface area contributed by atoms with Crippen molar-refractivity contribution in [2.45, 2.75) is 25.1 Å². The number of hydrogen-bond acceptors (Lipinski definition) is 4. The normalized spacial score (nSPS) is 43.7. The summed E-state index contributed by atoms with van der Waals surface area (Å²) in [5, 5.41) is 9.09. The number of aliphatic hydroxyl groups excluding tert-OH is 1. The number of nitrogens with one attached hydrogen (secondary N) is 1. The van der Waals surface area contributed by atoms with Crippen LogP contribution in [0.3, 0.4) is 0 Å². The Bertz CT molecular complexity index is 109. The van der Waals surface area contributed by atoms with Crippen molar-refractivity contribution in [2.24, 2.45) is 5.73 Å². The zero-order valence-electron chi connectivity index (χ0n) is 5.42. The summed E-state index contributed by atoms with van der Waals surface area (Å²) < 4.78 is 0. The lowest BCUT2D eigenvalue weighted by Gasteiger charge is -2.21. The number of aliphatic hydroxyl groups is 1. The van der Waals surface area contributed by atoms with Crippen molar-refractivity contribution >= 4 is 0 Å². The number of rotatable bonds is 1. The van der Waals surface area contributed by atoms with Gasteiger partial charge in [0.1, 0.15) is 6.23 Å². The number of hydrogen-bond donors (Lipinski definition) is 3. The van der Waals surface area contributed by atoms with Crippen LogP contribution in [-0.4, -0.2) is 23.5 Å². The van der Waals surface area contributed by atoms with E-state index in [0.29, 0.717) is 13.0 Å². The summed E-state index contributed by atoms with van der Waals surface area (Å²) in [4.78, 5) is 4.74. The molecule has 0 saturated carbocycles. The van der Waals surface area contributed by atoms with Gasteiger partial charge in [-0.2, -0.15) is 5.48 Å². The molecule has 0 radical (unpaired) electrons. The van der Waals surface area contributed by atoms with Crippen LogP contribution in [0.2, 0.25) is 0 Å². The first-order chi connectivity index (χ1) is 4.19. The third kappa shape index (κ3) is 1.07. The quantitative estimate of drug-likeness (QED) is 0.426. The van der Waals surface area contributed by atoms with Gasteiger partial charge >= 0.3 is 0 Å². The Hall–Kier alpha value is -0.160. The van der Waals surface area contributed by atoms with Crippen LogP contribution in [0.25, 0.3) is 0 Å². The van der Waals surface area contributed by atoms with Crippen LogP contribution in [0.15, 0.2) is 0 Å². The van der Waals surface area contributed by atoms with Gasteiger partial charge in [0.15, 0.2) is 0 Å². The third-order valence-corrected chi connectivity index (χ3v) is 1.74. The minimum absolute atomic E-state index is 0.380. The summed E-state index contributed by atoms with van der Waals surface area (Å²) in [6.45, 7) is 2.30. The molecule has 9 heavy (non-hydrogen) atoms. The highest BCUT2D eigenvalue weighted by Crippen LogP contribution is 2.15. The van der Waals surface area contributed by atoms with Gasteiger partial charge in [-0.05, 0) is 6.42 Å². The van der Waals surface area contributed by atoms with Crippen molar-refractivity contribution in [1.82, 2.24) is 5.48 Å². The molecule has 2 unspecified atom stereocenters. The second-order valence-electron chi connectivity index (χ2n) is 2.40. The lowest BCUT2D eigenvalue weighted by atomic mass is 9.98. The van der Waals surface area contributed by atoms with E-state index in [1.807, 2.05) is 6.92 Å². The molecule has 1 aliphatic heterocycles. The first kappa shape index (κ1) is 6.95. The fourth-order valence-electron chi connectivity index (χ4n) is 0.747.